The molecule has 2 aromatic rings. The van der Waals surface area contributed by atoms with E-state index in [-0.39, 0.29) is 17.9 Å². The van der Waals surface area contributed by atoms with Gasteiger partial charge < -0.3 is 15.0 Å². The van der Waals surface area contributed by atoms with Gasteiger partial charge in [0.2, 0.25) is 5.91 Å². The fraction of sp³-hybridized carbons (Fsp3) is 0.364. The van der Waals surface area contributed by atoms with Crippen LogP contribution in [0.1, 0.15) is 35.7 Å². The maximum atomic E-state index is 12.7. The molecule has 1 atom stereocenters. The highest BCUT2D eigenvalue weighted by Crippen LogP contribution is 2.17. The SMILES string of the molecule is CC(NC(=O)c1ccc(Cl)cc1)C(=O)N1CCC(OCc2ccccc2)CC1. The first-order valence-electron chi connectivity index (χ1n) is 9.53. The minimum Gasteiger partial charge on any atom is -0.373 e. The zero-order chi connectivity index (χ0) is 19.9. The number of likely N-dealkylation sites (tertiary alicyclic amines) is 1. The molecule has 0 bridgehead atoms. The zero-order valence-corrected chi connectivity index (χ0v) is 16.7. The van der Waals surface area contributed by atoms with Crippen LogP contribution < -0.4 is 5.32 Å². The minimum atomic E-state index is -0.579. The normalized spacial score (nSPS) is 15.9. The predicted octanol–water partition coefficient (Wildman–Crippen LogP) is 3.67. The number of amides is 2. The third kappa shape index (κ3) is 5.57. The van der Waals surface area contributed by atoms with E-state index in [1.165, 1.54) is 0 Å². The van der Waals surface area contributed by atoms with Crippen LogP contribution in [0, 0.1) is 0 Å². The monoisotopic (exact) mass is 400 g/mol. The number of hydrogen-bond acceptors (Lipinski definition) is 3. The Morgan fingerprint density at radius 2 is 1.75 bits per heavy atom. The quantitative estimate of drug-likeness (QED) is 0.804. The Labute approximate surface area is 170 Å². The van der Waals surface area contributed by atoms with Crippen LogP contribution in [0.2, 0.25) is 5.02 Å². The lowest BCUT2D eigenvalue weighted by Crippen LogP contribution is -2.50. The Hall–Kier alpha value is -2.37. The number of hydrogen-bond donors (Lipinski definition) is 1. The summed E-state index contributed by atoms with van der Waals surface area (Å²) in [6.07, 6.45) is 1.76. The van der Waals surface area contributed by atoms with E-state index in [9.17, 15) is 9.59 Å². The van der Waals surface area contributed by atoms with E-state index in [0.717, 1.165) is 18.4 Å². The molecule has 1 saturated heterocycles. The summed E-state index contributed by atoms with van der Waals surface area (Å²) in [6.45, 7) is 3.58. The molecule has 28 heavy (non-hydrogen) atoms. The summed E-state index contributed by atoms with van der Waals surface area (Å²) in [5.74, 6) is -0.345. The van der Waals surface area contributed by atoms with Crippen molar-refractivity contribution in [1.29, 1.82) is 0 Å². The summed E-state index contributed by atoms with van der Waals surface area (Å²) in [6, 6.07) is 16.1. The molecule has 3 rings (SSSR count). The molecule has 1 heterocycles. The smallest absolute Gasteiger partial charge is 0.251 e. The van der Waals surface area contributed by atoms with Crippen molar-refractivity contribution in [2.45, 2.75) is 38.5 Å². The van der Waals surface area contributed by atoms with Crippen molar-refractivity contribution in [1.82, 2.24) is 10.2 Å². The Kier molecular flexibility index (Phi) is 7.06. The molecule has 5 nitrogen and oxygen atoms in total. The standard InChI is InChI=1S/C22H25ClN2O3/c1-16(24-21(26)18-7-9-19(23)10-8-18)22(27)25-13-11-20(12-14-25)28-15-17-5-3-2-4-6-17/h2-10,16,20H,11-15H2,1H3,(H,24,26). The van der Waals surface area contributed by atoms with Crippen LogP contribution >= 0.6 is 11.6 Å². The number of carbonyl (C=O) groups is 2. The van der Waals surface area contributed by atoms with Gasteiger partial charge in [-0.2, -0.15) is 0 Å². The van der Waals surface area contributed by atoms with E-state index in [1.54, 1.807) is 36.1 Å². The van der Waals surface area contributed by atoms with E-state index in [2.05, 4.69) is 5.32 Å². The number of benzene rings is 2. The van der Waals surface area contributed by atoms with Crippen molar-refractivity contribution in [3.05, 3.63) is 70.7 Å². The lowest BCUT2D eigenvalue weighted by atomic mass is 10.1. The Bertz CT molecular complexity index is 787. The van der Waals surface area contributed by atoms with Gasteiger partial charge in [0.15, 0.2) is 0 Å². The maximum absolute atomic E-state index is 12.7. The summed E-state index contributed by atoms with van der Waals surface area (Å²) in [4.78, 5) is 26.7. The predicted molar refractivity (Wildman–Crippen MR) is 109 cm³/mol. The second kappa shape index (κ2) is 9.71. The molecule has 1 N–H and O–H groups in total. The third-order valence-electron chi connectivity index (χ3n) is 4.91. The minimum absolute atomic E-state index is 0.0659. The maximum Gasteiger partial charge on any atom is 0.251 e. The fourth-order valence-corrected chi connectivity index (χ4v) is 3.37. The van der Waals surface area contributed by atoms with Gasteiger partial charge in [0.25, 0.3) is 5.91 Å². The first-order chi connectivity index (χ1) is 13.5. The van der Waals surface area contributed by atoms with Gasteiger partial charge in [-0.3, -0.25) is 9.59 Å². The molecule has 1 fully saturated rings. The lowest BCUT2D eigenvalue weighted by molar-refractivity contribution is -0.135. The molecular formula is C22H25ClN2O3. The summed E-state index contributed by atoms with van der Waals surface area (Å²) < 4.78 is 5.97. The number of nitrogens with zero attached hydrogens (tertiary/aromatic N) is 1. The van der Waals surface area contributed by atoms with Gasteiger partial charge in [-0.25, -0.2) is 0 Å². The van der Waals surface area contributed by atoms with E-state index >= 15 is 0 Å². The fourth-order valence-electron chi connectivity index (χ4n) is 3.25. The summed E-state index contributed by atoms with van der Waals surface area (Å²) >= 11 is 5.84. The molecule has 0 spiro atoms. The van der Waals surface area contributed by atoms with Crippen LogP contribution in [0.25, 0.3) is 0 Å². The van der Waals surface area contributed by atoms with E-state index in [0.29, 0.717) is 30.3 Å². The molecule has 6 heteroatoms. The van der Waals surface area contributed by atoms with E-state index < -0.39 is 6.04 Å². The van der Waals surface area contributed by atoms with E-state index in [4.69, 9.17) is 16.3 Å². The summed E-state index contributed by atoms with van der Waals surface area (Å²) in [7, 11) is 0. The highest BCUT2D eigenvalue weighted by Gasteiger charge is 2.27. The number of carbonyl (C=O) groups excluding carboxylic acids is 2. The van der Waals surface area contributed by atoms with Crippen molar-refractivity contribution >= 4 is 23.4 Å². The van der Waals surface area contributed by atoms with Crippen LogP contribution in [0.3, 0.4) is 0 Å². The third-order valence-corrected chi connectivity index (χ3v) is 5.16. The number of rotatable bonds is 6. The second-order valence-corrected chi connectivity index (χ2v) is 7.46. The highest BCUT2D eigenvalue weighted by molar-refractivity contribution is 6.30. The molecule has 1 unspecified atom stereocenters. The van der Waals surface area contributed by atoms with Crippen LogP contribution in [0.5, 0.6) is 0 Å². The molecule has 2 aromatic carbocycles. The first kappa shape index (κ1) is 20.4. The van der Waals surface area contributed by atoms with Crippen molar-refractivity contribution in [2.24, 2.45) is 0 Å². The largest absolute Gasteiger partial charge is 0.373 e. The van der Waals surface area contributed by atoms with Gasteiger partial charge in [0.05, 0.1) is 12.7 Å². The molecular weight excluding hydrogens is 376 g/mol. The summed E-state index contributed by atoms with van der Waals surface area (Å²) in [5, 5.41) is 3.33. The van der Waals surface area contributed by atoms with Gasteiger partial charge in [-0.05, 0) is 49.6 Å². The van der Waals surface area contributed by atoms with Crippen LogP contribution in [0.4, 0.5) is 0 Å². The Morgan fingerprint density at radius 1 is 1.11 bits per heavy atom. The topological polar surface area (TPSA) is 58.6 Å². The van der Waals surface area contributed by atoms with Crippen LogP contribution in [0.15, 0.2) is 54.6 Å². The first-order valence-corrected chi connectivity index (χ1v) is 9.91. The molecule has 148 valence electrons. The number of halogens is 1. The van der Waals surface area contributed by atoms with Crippen LogP contribution in [-0.2, 0) is 16.1 Å². The van der Waals surface area contributed by atoms with Crippen LogP contribution in [-0.4, -0.2) is 41.9 Å². The molecule has 1 aliphatic rings. The van der Waals surface area contributed by atoms with Gasteiger partial charge in [0.1, 0.15) is 6.04 Å². The molecule has 0 saturated carbocycles. The Balaban J connectivity index is 1.43. The lowest BCUT2D eigenvalue weighted by Gasteiger charge is -2.33. The number of piperidine rings is 1. The number of ether oxygens (including phenoxy) is 1. The molecule has 0 aromatic heterocycles. The van der Waals surface area contributed by atoms with Crippen molar-refractivity contribution < 1.29 is 14.3 Å². The average Bonchev–Trinajstić information content (AvgIpc) is 2.73. The van der Waals surface area contributed by atoms with Crippen molar-refractivity contribution in [2.75, 3.05) is 13.1 Å². The van der Waals surface area contributed by atoms with Gasteiger partial charge in [-0.15, -0.1) is 0 Å². The van der Waals surface area contributed by atoms with Gasteiger partial charge in [0, 0.05) is 23.7 Å². The van der Waals surface area contributed by atoms with Crippen molar-refractivity contribution in [3.63, 3.8) is 0 Å². The Morgan fingerprint density at radius 3 is 2.39 bits per heavy atom. The molecule has 2 amide bonds. The second-order valence-electron chi connectivity index (χ2n) is 7.02. The molecule has 1 aliphatic heterocycles. The molecule has 0 aliphatic carbocycles. The van der Waals surface area contributed by atoms with Crippen molar-refractivity contribution in [3.8, 4) is 0 Å². The van der Waals surface area contributed by atoms with Gasteiger partial charge in [-0.1, -0.05) is 41.9 Å². The molecule has 0 radical (unpaired) electrons. The van der Waals surface area contributed by atoms with Gasteiger partial charge >= 0.3 is 0 Å². The summed E-state index contributed by atoms with van der Waals surface area (Å²) in [5.41, 5.74) is 1.64. The average molecular weight is 401 g/mol. The highest BCUT2D eigenvalue weighted by atomic mass is 35.5. The van der Waals surface area contributed by atoms with E-state index in [1.807, 2.05) is 30.3 Å². The zero-order valence-electron chi connectivity index (χ0n) is 15.9. The number of nitrogens with one attached hydrogen (secondary N) is 1.